The number of benzene rings is 1. The van der Waals surface area contributed by atoms with Crippen molar-refractivity contribution in [3.8, 4) is 5.75 Å². The molecule has 0 saturated carbocycles. The number of hydrogen-bond donors (Lipinski definition) is 2. The first-order valence-electron chi connectivity index (χ1n) is 4.86. The zero-order valence-electron chi connectivity index (χ0n) is 9.42. The standard InChI is InChI=1S/C10H11BrN2O5/c1-18-9(14)4-8(12)6-2-5(13(16)17)3-7(11)10(6)15/h2-3,8,15H,4,12H2,1H3/t8-/m1/s1. The molecule has 0 aliphatic rings. The van der Waals surface area contributed by atoms with E-state index in [0.29, 0.717) is 0 Å². The second kappa shape index (κ2) is 5.78. The van der Waals surface area contributed by atoms with Crippen molar-refractivity contribution in [1.29, 1.82) is 0 Å². The maximum atomic E-state index is 11.1. The van der Waals surface area contributed by atoms with E-state index in [9.17, 15) is 20.0 Å². The molecular formula is C10H11BrN2O5. The second-order valence-electron chi connectivity index (χ2n) is 3.51. The highest BCUT2D eigenvalue weighted by molar-refractivity contribution is 9.10. The third-order valence-corrected chi connectivity index (χ3v) is 2.91. The van der Waals surface area contributed by atoms with E-state index in [-0.39, 0.29) is 27.9 Å². The van der Waals surface area contributed by atoms with Crippen LogP contribution in [0.15, 0.2) is 16.6 Å². The van der Waals surface area contributed by atoms with E-state index in [0.717, 1.165) is 12.1 Å². The van der Waals surface area contributed by atoms with E-state index in [4.69, 9.17) is 5.73 Å². The van der Waals surface area contributed by atoms with E-state index in [2.05, 4.69) is 20.7 Å². The quantitative estimate of drug-likeness (QED) is 0.495. The van der Waals surface area contributed by atoms with E-state index in [1.165, 1.54) is 7.11 Å². The number of phenols is 1. The lowest BCUT2D eigenvalue weighted by Gasteiger charge is -2.13. The number of nitrogens with zero attached hydrogens (tertiary/aromatic N) is 1. The molecule has 0 aliphatic heterocycles. The van der Waals surface area contributed by atoms with Crippen LogP contribution >= 0.6 is 15.9 Å². The lowest BCUT2D eigenvalue weighted by Crippen LogP contribution is -2.16. The molecule has 8 heteroatoms. The van der Waals surface area contributed by atoms with Gasteiger partial charge in [-0.25, -0.2) is 0 Å². The number of phenolic OH excluding ortho intramolecular Hbond substituents is 1. The molecule has 0 fully saturated rings. The molecule has 0 aromatic heterocycles. The van der Waals surface area contributed by atoms with Gasteiger partial charge in [0.05, 0.1) is 22.9 Å². The molecule has 1 aromatic rings. The predicted molar refractivity (Wildman–Crippen MR) is 66.0 cm³/mol. The van der Waals surface area contributed by atoms with Crippen LogP contribution in [0.4, 0.5) is 5.69 Å². The molecule has 0 saturated heterocycles. The van der Waals surface area contributed by atoms with Crippen molar-refractivity contribution >= 4 is 27.6 Å². The number of halogens is 1. The highest BCUT2D eigenvalue weighted by Crippen LogP contribution is 2.36. The Morgan fingerprint density at radius 1 is 1.67 bits per heavy atom. The summed E-state index contributed by atoms with van der Waals surface area (Å²) in [5.74, 6) is -0.790. The summed E-state index contributed by atoms with van der Waals surface area (Å²) in [5, 5.41) is 20.4. The summed E-state index contributed by atoms with van der Waals surface area (Å²) in [6.45, 7) is 0. The number of nitrogens with two attached hydrogens (primary N) is 1. The van der Waals surface area contributed by atoms with Crippen molar-refractivity contribution in [2.45, 2.75) is 12.5 Å². The smallest absolute Gasteiger partial charge is 0.307 e. The van der Waals surface area contributed by atoms with E-state index in [1.807, 2.05) is 0 Å². The highest BCUT2D eigenvalue weighted by Gasteiger charge is 2.21. The van der Waals surface area contributed by atoms with Gasteiger partial charge in [-0.1, -0.05) is 0 Å². The van der Waals surface area contributed by atoms with Gasteiger partial charge in [-0.05, 0) is 15.9 Å². The zero-order valence-corrected chi connectivity index (χ0v) is 11.0. The monoisotopic (exact) mass is 318 g/mol. The summed E-state index contributed by atoms with van der Waals surface area (Å²) in [7, 11) is 1.21. The number of non-ortho nitro benzene ring substituents is 1. The topological polar surface area (TPSA) is 116 Å². The first kappa shape index (κ1) is 14.4. The van der Waals surface area contributed by atoms with Crippen molar-refractivity contribution in [2.75, 3.05) is 7.11 Å². The lowest BCUT2D eigenvalue weighted by atomic mass is 10.0. The molecule has 1 aromatic carbocycles. The largest absolute Gasteiger partial charge is 0.506 e. The Morgan fingerprint density at radius 3 is 2.78 bits per heavy atom. The molecule has 0 spiro atoms. The average molecular weight is 319 g/mol. The van der Waals surface area contributed by atoms with Crippen LogP contribution in [0.1, 0.15) is 18.0 Å². The highest BCUT2D eigenvalue weighted by atomic mass is 79.9. The molecule has 3 N–H and O–H groups in total. The maximum absolute atomic E-state index is 11.1. The summed E-state index contributed by atoms with van der Waals surface area (Å²) >= 11 is 2.99. The molecule has 1 rings (SSSR count). The Morgan fingerprint density at radius 2 is 2.28 bits per heavy atom. The van der Waals surface area contributed by atoms with Gasteiger partial charge in [-0.15, -0.1) is 0 Å². The normalized spacial score (nSPS) is 11.9. The van der Waals surface area contributed by atoms with Gasteiger partial charge < -0.3 is 15.6 Å². The van der Waals surface area contributed by atoms with Gasteiger partial charge in [-0.3, -0.25) is 14.9 Å². The van der Waals surface area contributed by atoms with E-state index >= 15 is 0 Å². The summed E-state index contributed by atoms with van der Waals surface area (Å²) in [6.07, 6.45) is -0.183. The van der Waals surface area contributed by atoms with E-state index < -0.39 is 16.9 Å². The van der Waals surface area contributed by atoms with E-state index in [1.54, 1.807) is 0 Å². The average Bonchev–Trinajstić information content (AvgIpc) is 2.31. The van der Waals surface area contributed by atoms with Crippen LogP contribution in [-0.2, 0) is 9.53 Å². The molecule has 0 radical (unpaired) electrons. The fourth-order valence-electron chi connectivity index (χ4n) is 1.37. The number of ether oxygens (including phenoxy) is 1. The van der Waals surface area contributed by atoms with Gasteiger partial charge in [0.2, 0.25) is 0 Å². The van der Waals surface area contributed by atoms with Gasteiger partial charge >= 0.3 is 5.97 Å². The number of carbonyl (C=O) groups excluding carboxylic acids is 1. The Bertz CT molecular complexity index is 491. The molecule has 7 nitrogen and oxygen atoms in total. The van der Waals surface area contributed by atoms with Crippen molar-refractivity contribution in [3.63, 3.8) is 0 Å². The number of aromatic hydroxyl groups is 1. The van der Waals surface area contributed by atoms with Crippen molar-refractivity contribution in [1.82, 2.24) is 0 Å². The first-order valence-corrected chi connectivity index (χ1v) is 5.65. The Labute approximate surface area is 111 Å². The number of hydrogen-bond acceptors (Lipinski definition) is 6. The molecule has 0 amide bonds. The molecule has 98 valence electrons. The summed E-state index contributed by atoms with van der Waals surface area (Å²) in [5.41, 5.74) is 5.59. The number of esters is 1. The van der Waals surface area contributed by atoms with Crippen LogP contribution in [-0.4, -0.2) is 23.1 Å². The predicted octanol–water partition coefficient (Wildman–Crippen LogP) is 1.63. The summed E-state index contributed by atoms with van der Waals surface area (Å²) in [6, 6.07) is 1.41. The molecule has 0 bridgehead atoms. The van der Waals surface area contributed by atoms with Crippen molar-refractivity contribution in [3.05, 3.63) is 32.3 Å². The molecule has 0 unspecified atom stereocenters. The number of nitro benzene ring substituents is 1. The SMILES string of the molecule is COC(=O)C[C@@H](N)c1cc([N+](=O)[O-])cc(Br)c1O. The first-order chi connectivity index (χ1) is 8.36. The number of methoxy groups -OCH3 is 1. The van der Waals surface area contributed by atoms with Crippen LogP contribution in [0.3, 0.4) is 0 Å². The van der Waals surface area contributed by atoms with Gasteiger partial charge in [0, 0.05) is 23.7 Å². The Kier molecular flexibility index (Phi) is 4.62. The molecule has 0 heterocycles. The Hall–Kier alpha value is -1.67. The van der Waals surface area contributed by atoms with Gasteiger partial charge in [0.25, 0.3) is 5.69 Å². The van der Waals surface area contributed by atoms with Gasteiger partial charge in [0.1, 0.15) is 5.75 Å². The van der Waals surface area contributed by atoms with Crippen molar-refractivity contribution in [2.24, 2.45) is 5.73 Å². The fraction of sp³-hybridized carbons (Fsp3) is 0.300. The minimum Gasteiger partial charge on any atom is -0.506 e. The number of nitro groups is 1. The number of carbonyl (C=O) groups is 1. The molecule has 0 aliphatic carbocycles. The summed E-state index contributed by atoms with van der Waals surface area (Å²) < 4.78 is 4.59. The number of rotatable bonds is 4. The third-order valence-electron chi connectivity index (χ3n) is 2.30. The molecule has 18 heavy (non-hydrogen) atoms. The Balaban J connectivity index is 3.14. The third kappa shape index (κ3) is 3.17. The van der Waals surface area contributed by atoms with Crippen molar-refractivity contribution < 1.29 is 19.6 Å². The minimum absolute atomic E-state index is 0.112. The van der Waals surface area contributed by atoms with Crippen LogP contribution in [0.25, 0.3) is 0 Å². The summed E-state index contributed by atoms with van der Waals surface area (Å²) in [4.78, 5) is 21.2. The maximum Gasteiger partial charge on any atom is 0.307 e. The van der Waals surface area contributed by atoms with Crippen LogP contribution < -0.4 is 5.73 Å². The zero-order chi connectivity index (χ0) is 13.9. The van der Waals surface area contributed by atoms with Crippen LogP contribution in [0, 0.1) is 10.1 Å². The second-order valence-corrected chi connectivity index (χ2v) is 4.36. The van der Waals surface area contributed by atoms with Gasteiger partial charge in [-0.2, -0.15) is 0 Å². The van der Waals surface area contributed by atoms with Crippen LogP contribution in [0.2, 0.25) is 0 Å². The van der Waals surface area contributed by atoms with Crippen LogP contribution in [0.5, 0.6) is 5.75 Å². The minimum atomic E-state index is -0.881. The molecular weight excluding hydrogens is 308 g/mol. The van der Waals surface area contributed by atoms with Gasteiger partial charge in [0.15, 0.2) is 0 Å². The fourth-order valence-corrected chi connectivity index (χ4v) is 1.83. The molecule has 1 atom stereocenters. The lowest BCUT2D eigenvalue weighted by molar-refractivity contribution is -0.385.